The van der Waals surface area contributed by atoms with Crippen LogP contribution in [0.1, 0.15) is 18.0 Å². The number of rotatable bonds is 4. The normalized spacial score (nSPS) is 15.9. The molecular weight excluding hydrogens is 378 g/mol. The fraction of sp³-hybridized carbons (Fsp3) is 0.0870. The first-order valence-corrected chi connectivity index (χ1v) is 9.67. The van der Waals surface area contributed by atoms with Crippen molar-refractivity contribution < 1.29 is 4.79 Å². The number of nitrogens with zero attached hydrogens (tertiary/aromatic N) is 2. The van der Waals surface area contributed by atoms with Gasteiger partial charge in [0.25, 0.3) is 5.91 Å². The highest BCUT2D eigenvalue weighted by atomic mass is 16.2. The monoisotopic (exact) mass is 397 g/mol. The lowest BCUT2D eigenvalue weighted by Crippen LogP contribution is -2.21. The van der Waals surface area contributed by atoms with Crippen molar-refractivity contribution >= 4 is 34.0 Å². The van der Waals surface area contributed by atoms with Crippen molar-refractivity contribution in [2.24, 2.45) is 5.10 Å². The second-order valence-corrected chi connectivity index (χ2v) is 7.15. The average molecular weight is 397 g/mol. The number of imidazole rings is 1. The minimum atomic E-state index is -0.280. The molecule has 1 aliphatic rings. The molecular formula is C23H19N5O2. The SMILES string of the molecule is O=C(Nc1ccc2[nH]c(=O)[nH]c2c1)C1=NN(c2ccccc2)[C@@H](c2ccccc2)C1. The van der Waals surface area contributed by atoms with Crippen molar-refractivity contribution in [3.63, 3.8) is 0 Å². The molecule has 0 radical (unpaired) electrons. The first-order valence-electron chi connectivity index (χ1n) is 9.67. The second-order valence-electron chi connectivity index (χ2n) is 7.15. The lowest BCUT2D eigenvalue weighted by molar-refractivity contribution is -0.110. The van der Waals surface area contributed by atoms with E-state index in [0.29, 0.717) is 28.9 Å². The third-order valence-electron chi connectivity index (χ3n) is 5.15. The van der Waals surface area contributed by atoms with Gasteiger partial charge in [-0.2, -0.15) is 5.10 Å². The number of amides is 1. The van der Waals surface area contributed by atoms with E-state index in [4.69, 9.17) is 0 Å². The Balaban J connectivity index is 1.43. The summed E-state index contributed by atoms with van der Waals surface area (Å²) >= 11 is 0. The van der Waals surface area contributed by atoms with E-state index in [1.165, 1.54) is 0 Å². The summed E-state index contributed by atoms with van der Waals surface area (Å²) < 4.78 is 0. The van der Waals surface area contributed by atoms with Gasteiger partial charge in [0, 0.05) is 12.1 Å². The van der Waals surface area contributed by atoms with Crippen molar-refractivity contribution in [1.82, 2.24) is 9.97 Å². The van der Waals surface area contributed by atoms with Gasteiger partial charge in [0.2, 0.25) is 0 Å². The molecule has 1 aliphatic heterocycles. The zero-order valence-electron chi connectivity index (χ0n) is 16.0. The summed E-state index contributed by atoms with van der Waals surface area (Å²) in [5, 5.41) is 9.45. The van der Waals surface area contributed by atoms with E-state index < -0.39 is 0 Å². The molecule has 0 fully saturated rings. The van der Waals surface area contributed by atoms with Crippen LogP contribution in [0.2, 0.25) is 0 Å². The number of anilines is 2. The lowest BCUT2D eigenvalue weighted by Gasteiger charge is -2.23. The van der Waals surface area contributed by atoms with Crippen molar-refractivity contribution in [3.8, 4) is 0 Å². The molecule has 4 aromatic rings. The molecule has 7 heteroatoms. The number of aromatic amines is 2. The van der Waals surface area contributed by atoms with Crippen LogP contribution >= 0.6 is 0 Å². The molecule has 0 unspecified atom stereocenters. The molecule has 2 heterocycles. The summed E-state index contributed by atoms with van der Waals surface area (Å²) in [5.41, 5.74) is 4.13. The Bertz CT molecular complexity index is 1290. The number of hydrogen-bond donors (Lipinski definition) is 3. The summed E-state index contributed by atoms with van der Waals surface area (Å²) in [5.74, 6) is -0.258. The summed E-state index contributed by atoms with van der Waals surface area (Å²) in [6.45, 7) is 0. The molecule has 0 spiro atoms. The highest BCUT2D eigenvalue weighted by Crippen LogP contribution is 2.35. The van der Waals surface area contributed by atoms with Crippen molar-refractivity contribution in [2.45, 2.75) is 12.5 Å². The molecule has 1 atom stereocenters. The number of aromatic nitrogens is 2. The van der Waals surface area contributed by atoms with Gasteiger partial charge in [-0.25, -0.2) is 4.79 Å². The minimum Gasteiger partial charge on any atom is -0.321 e. The summed E-state index contributed by atoms with van der Waals surface area (Å²) in [7, 11) is 0. The topological polar surface area (TPSA) is 93.3 Å². The number of hydrogen-bond acceptors (Lipinski definition) is 4. The maximum Gasteiger partial charge on any atom is 0.323 e. The number of para-hydroxylation sites is 1. The zero-order valence-corrected chi connectivity index (χ0v) is 16.0. The number of carbonyl (C=O) groups excluding carboxylic acids is 1. The van der Waals surface area contributed by atoms with Crippen LogP contribution in [0.15, 0.2) is 88.8 Å². The lowest BCUT2D eigenvalue weighted by atomic mass is 10.0. The highest BCUT2D eigenvalue weighted by Gasteiger charge is 2.32. The summed E-state index contributed by atoms with van der Waals surface area (Å²) in [6.07, 6.45) is 0.494. The Hall–Kier alpha value is -4.13. The minimum absolute atomic E-state index is 0.0575. The number of hydrazone groups is 1. The van der Waals surface area contributed by atoms with Gasteiger partial charge in [-0.05, 0) is 35.9 Å². The Morgan fingerprint density at radius 1 is 0.933 bits per heavy atom. The predicted octanol–water partition coefficient (Wildman–Crippen LogP) is 3.80. The predicted molar refractivity (Wildman–Crippen MR) is 118 cm³/mol. The zero-order chi connectivity index (χ0) is 20.5. The van der Waals surface area contributed by atoms with Crippen molar-refractivity contribution in [1.29, 1.82) is 0 Å². The molecule has 5 rings (SSSR count). The van der Waals surface area contributed by atoms with Gasteiger partial charge in [0.05, 0.1) is 22.8 Å². The molecule has 0 bridgehead atoms. The first kappa shape index (κ1) is 17.9. The van der Waals surface area contributed by atoms with Crippen LogP contribution in [0, 0.1) is 0 Å². The maximum atomic E-state index is 13.0. The van der Waals surface area contributed by atoms with Gasteiger partial charge in [-0.1, -0.05) is 48.5 Å². The number of carbonyl (C=O) groups is 1. The van der Waals surface area contributed by atoms with E-state index in [1.54, 1.807) is 18.2 Å². The van der Waals surface area contributed by atoms with Gasteiger partial charge in [-0.3, -0.25) is 9.80 Å². The highest BCUT2D eigenvalue weighted by molar-refractivity contribution is 6.43. The Kier molecular flexibility index (Phi) is 4.40. The Morgan fingerprint density at radius 3 is 2.40 bits per heavy atom. The average Bonchev–Trinajstić information content (AvgIpc) is 3.38. The molecule has 30 heavy (non-hydrogen) atoms. The molecule has 0 saturated heterocycles. The van der Waals surface area contributed by atoms with Crippen molar-refractivity contribution in [3.05, 3.63) is 94.9 Å². The van der Waals surface area contributed by atoms with Gasteiger partial charge >= 0.3 is 5.69 Å². The number of benzene rings is 3. The standard InChI is InChI=1S/C23H19N5O2/c29-22(24-16-11-12-18-19(13-16)26-23(30)25-18)20-14-21(15-7-3-1-4-8-15)28(27-20)17-9-5-2-6-10-17/h1-13,21H,14H2,(H,24,29)(H2,25,26,30)/t21-/m1/s1. The van der Waals surface area contributed by atoms with E-state index in [2.05, 4.69) is 20.4 Å². The number of nitrogens with one attached hydrogen (secondary N) is 3. The third kappa shape index (κ3) is 3.37. The van der Waals surface area contributed by atoms with E-state index in [0.717, 1.165) is 11.3 Å². The van der Waals surface area contributed by atoms with Crippen LogP contribution in [0.3, 0.4) is 0 Å². The Labute approximate surface area is 172 Å². The molecule has 3 N–H and O–H groups in total. The smallest absolute Gasteiger partial charge is 0.321 e. The van der Waals surface area contributed by atoms with Crippen LogP contribution in [0.25, 0.3) is 11.0 Å². The molecule has 3 aromatic carbocycles. The largest absolute Gasteiger partial charge is 0.323 e. The van der Waals surface area contributed by atoms with Crippen LogP contribution in [0.4, 0.5) is 11.4 Å². The van der Waals surface area contributed by atoms with E-state index in [-0.39, 0.29) is 17.6 Å². The van der Waals surface area contributed by atoms with E-state index in [1.807, 2.05) is 65.7 Å². The van der Waals surface area contributed by atoms with E-state index in [9.17, 15) is 9.59 Å². The van der Waals surface area contributed by atoms with Crippen LogP contribution in [-0.4, -0.2) is 21.6 Å². The fourth-order valence-corrected chi connectivity index (χ4v) is 3.71. The number of H-pyrrole nitrogens is 2. The quantitative estimate of drug-likeness (QED) is 0.489. The third-order valence-corrected chi connectivity index (χ3v) is 5.15. The molecule has 0 saturated carbocycles. The summed E-state index contributed by atoms with van der Waals surface area (Å²) in [4.78, 5) is 29.8. The van der Waals surface area contributed by atoms with Gasteiger partial charge in [0.1, 0.15) is 5.71 Å². The summed E-state index contributed by atoms with van der Waals surface area (Å²) in [6, 6.07) is 25.1. The Morgan fingerprint density at radius 2 is 1.63 bits per heavy atom. The molecule has 0 aliphatic carbocycles. The van der Waals surface area contributed by atoms with Crippen LogP contribution in [-0.2, 0) is 4.79 Å². The van der Waals surface area contributed by atoms with Crippen LogP contribution in [0.5, 0.6) is 0 Å². The fourth-order valence-electron chi connectivity index (χ4n) is 3.71. The van der Waals surface area contributed by atoms with E-state index >= 15 is 0 Å². The molecule has 1 amide bonds. The second kappa shape index (κ2) is 7.36. The van der Waals surface area contributed by atoms with Crippen molar-refractivity contribution in [2.75, 3.05) is 10.3 Å². The maximum absolute atomic E-state index is 13.0. The molecule has 1 aromatic heterocycles. The van der Waals surface area contributed by atoms with Gasteiger partial charge < -0.3 is 15.3 Å². The molecule has 148 valence electrons. The molecule has 7 nitrogen and oxygen atoms in total. The van der Waals surface area contributed by atoms with Gasteiger partial charge in [-0.15, -0.1) is 0 Å². The first-order chi connectivity index (χ1) is 14.7. The van der Waals surface area contributed by atoms with Gasteiger partial charge in [0.15, 0.2) is 0 Å². The van der Waals surface area contributed by atoms with Crippen LogP contribution < -0.4 is 16.0 Å². The number of fused-ring (bicyclic) bond motifs is 1.